The number of hydrogen-bond acceptors (Lipinski definition) is 3. The largest absolute Gasteiger partial charge is 0.497 e. The number of H-pyrrole nitrogens is 1. The van der Waals surface area contributed by atoms with E-state index in [9.17, 15) is 9.18 Å². The van der Waals surface area contributed by atoms with Gasteiger partial charge in [-0.15, -0.1) is 0 Å². The molecular formula is C21H24FN3O2. The van der Waals surface area contributed by atoms with Crippen LogP contribution in [0.1, 0.15) is 27.7 Å². The quantitative estimate of drug-likeness (QED) is 0.697. The van der Waals surface area contributed by atoms with Crippen LogP contribution in [0, 0.1) is 12.7 Å². The van der Waals surface area contributed by atoms with Crippen molar-refractivity contribution in [2.75, 3.05) is 27.7 Å². The first-order chi connectivity index (χ1) is 12.9. The lowest BCUT2D eigenvalue weighted by Gasteiger charge is -2.25. The lowest BCUT2D eigenvalue weighted by molar-refractivity contribution is 0.0943. The molecule has 2 N–H and O–H groups in total. The van der Waals surface area contributed by atoms with Crippen LogP contribution in [-0.2, 0) is 0 Å². The van der Waals surface area contributed by atoms with E-state index >= 15 is 0 Å². The molecule has 0 aliphatic rings. The lowest BCUT2D eigenvalue weighted by atomic mass is 10.1. The summed E-state index contributed by atoms with van der Waals surface area (Å²) in [5.41, 5.74) is 3.02. The Bertz CT molecular complexity index is 948. The summed E-state index contributed by atoms with van der Waals surface area (Å²) in [6, 6.07) is 12.2. The number of nitrogens with zero attached hydrogens (tertiary/aromatic N) is 1. The zero-order valence-corrected chi connectivity index (χ0v) is 16.0. The van der Waals surface area contributed by atoms with Gasteiger partial charge in [0.15, 0.2) is 0 Å². The van der Waals surface area contributed by atoms with Gasteiger partial charge in [-0.3, -0.25) is 4.79 Å². The smallest absolute Gasteiger partial charge is 0.253 e. The van der Waals surface area contributed by atoms with Gasteiger partial charge in [-0.25, -0.2) is 4.39 Å². The molecular weight excluding hydrogens is 345 g/mol. The minimum atomic E-state index is -0.361. The standard InChI is InChI=1S/C21H24FN3O2/c1-13-20(17-11-15(22)7-10-18(17)24-13)21(26)23-12-19(25(2)3)14-5-8-16(27-4)9-6-14/h5-11,19,24H,12H2,1-4H3,(H,23,26). The number of hydrogen-bond donors (Lipinski definition) is 2. The Morgan fingerprint density at radius 2 is 1.93 bits per heavy atom. The van der Waals surface area contributed by atoms with Crippen LogP contribution < -0.4 is 10.1 Å². The highest BCUT2D eigenvalue weighted by molar-refractivity contribution is 6.08. The minimum Gasteiger partial charge on any atom is -0.497 e. The fourth-order valence-corrected chi connectivity index (χ4v) is 3.29. The van der Waals surface area contributed by atoms with Gasteiger partial charge in [0.2, 0.25) is 0 Å². The van der Waals surface area contributed by atoms with Crippen LogP contribution in [-0.4, -0.2) is 43.5 Å². The number of carbonyl (C=O) groups is 1. The van der Waals surface area contributed by atoms with Gasteiger partial charge in [-0.05, 0) is 56.9 Å². The van der Waals surface area contributed by atoms with Crippen molar-refractivity contribution in [3.63, 3.8) is 0 Å². The topological polar surface area (TPSA) is 57.4 Å². The Labute approximate surface area is 158 Å². The van der Waals surface area contributed by atoms with Crippen LogP contribution in [0.2, 0.25) is 0 Å². The zero-order chi connectivity index (χ0) is 19.6. The summed E-state index contributed by atoms with van der Waals surface area (Å²) in [5, 5.41) is 3.59. The maximum Gasteiger partial charge on any atom is 0.253 e. The molecule has 0 fully saturated rings. The molecule has 1 heterocycles. The second kappa shape index (κ2) is 7.80. The zero-order valence-electron chi connectivity index (χ0n) is 16.0. The average molecular weight is 369 g/mol. The summed E-state index contributed by atoms with van der Waals surface area (Å²) in [4.78, 5) is 18.0. The second-order valence-electron chi connectivity index (χ2n) is 6.78. The number of halogens is 1. The molecule has 3 aromatic rings. The third-order valence-corrected chi connectivity index (χ3v) is 4.76. The van der Waals surface area contributed by atoms with E-state index in [0.29, 0.717) is 17.5 Å². The molecule has 27 heavy (non-hydrogen) atoms. The predicted molar refractivity (Wildman–Crippen MR) is 105 cm³/mol. The number of fused-ring (bicyclic) bond motifs is 1. The van der Waals surface area contributed by atoms with Gasteiger partial charge in [-0.1, -0.05) is 12.1 Å². The van der Waals surface area contributed by atoms with Crippen molar-refractivity contribution in [3.8, 4) is 5.75 Å². The number of aromatic nitrogens is 1. The average Bonchev–Trinajstić information content (AvgIpc) is 2.97. The van der Waals surface area contributed by atoms with Crippen molar-refractivity contribution in [1.29, 1.82) is 0 Å². The van der Waals surface area contributed by atoms with Crippen LogP contribution in [0.5, 0.6) is 5.75 Å². The Balaban J connectivity index is 1.80. The number of methoxy groups -OCH3 is 1. The van der Waals surface area contributed by atoms with E-state index < -0.39 is 0 Å². The maximum absolute atomic E-state index is 13.6. The summed E-state index contributed by atoms with van der Waals surface area (Å²) >= 11 is 0. The highest BCUT2D eigenvalue weighted by Gasteiger charge is 2.20. The number of ether oxygens (including phenoxy) is 1. The van der Waals surface area contributed by atoms with E-state index in [1.807, 2.05) is 50.2 Å². The van der Waals surface area contributed by atoms with E-state index in [1.54, 1.807) is 13.2 Å². The molecule has 0 radical (unpaired) electrons. The van der Waals surface area contributed by atoms with Gasteiger partial charge >= 0.3 is 0 Å². The molecule has 5 nitrogen and oxygen atoms in total. The highest BCUT2D eigenvalue weighted by atomic mass is 19.1. The van der Waals surface area contributed by atoms with Gasteiger partial charge in [0.1, 0.15) is 11.6 Å². The molecule has 0 spiro atoms. The molecule has 0 saturated heterocycles. The first-order valence-electron chi connectivity index (χ1n) is 8.77. The summed E-state index contributed by atoms with van der Waals surface area (Å²) in [7, 11) is 5.56. The van der Waals surface area contributed by atoms with Crippen molar-refractivity contribution >= 4 is 16.8 Å². The van der Waals surface area contributed by atoms with Crippen LogP contribution in [0.3, 0.4) is 0 Å². The van der Waals surface area contributed by atoms with E-state index in [0.717, 1.165) is 22.5 Å². The lowest BCUT2D eigenvalue weighted by Crippen LogP contribution is -2.34. The Morgan fingerprint density at radius 1 is 1.22 bits per heavy atom. The monoisotopic (exact) mass is 369 g/mol. The normalized spacial score (nSPS) is 12.4. The van der Waals surface area contributed by atoms with Crippen LogP contribution in [0.25, 0.3) is 10.9 Å². The van der Waals surface area contributed by atoms with E-state index in [-0.39, 0.29) is 17.8 Å². The Hall–Kier alpha value is -2.86. The Morgan fingerprint density at radius 3 is 2.56 bits per heavy atom. The molecule has 0 aliphatic heterocycles. The van der Waals surface area contributed by atoms with Crippen molar-refractivity contribution < 1.29 is 13.9 Å². The fraction of sp³-hybridized carbons (Fsp3) is 0.286. The van der Waals surface area contributed by atoms with Crippen molar-refractivity contribution in [2.24, 2.45) is 0 Å². The number of benzene rings is 2. The Kier molecular flexibility index (Phi) is 5.46. The molecule has 2 aromatic carbocycles. The van der Waals surface area contributed by atoms with Crippen LogP contribution in [0.15, 0.2) is 42.5 Å². The third-order valence-electron chi connectivity index (χ3n) is 4.76. The second-order valence-corrected chi connectivity index (χ2v) is 6.78. The molecule has 1 aromatic heterocycles. The molecule has 3 rings (SSSR count). The first kappa shape index (κ1) is 18.9. The minimum absolute atomic E-state index is 0.00195. The molecule has 142 valence electrons. The van der Waals surface area contributed by atoms with Crippen molar-refractivity contribution in [1.82, 2.24) is 15.2 Å². The van der Waals surface area contributed by atoms with E-state index in [2.05, 4.69) is 10.3 Å². The molecule has 6 heteroatoms. The van der Waals surface area contributed by atoms with Gasteiger partial charge < -0.3 is 19.9 Å². The van der Waals surface area contributed by atoms with E-state index in [1.165, 1.54) is 12.1 Å². The number of aromatic amines is 1. The van der Waals surface area contributed by atoms with Crippen LogP contribution in [0.4, 0.5) is 4.39 Å². The molecule has 0 saturated carbocycles. The first-order valence-corrected chi connectivity index (χ1v) is 8.77. The number of nitrogens with one attached hydrogen (secondary N) is 2. The van der Waals surface area contributed by atoms with E-state index in [4.69, 9.17) is 4.74 Å². The van der Waals surface area contributed by atoms with Gasteiger partial charge in [-0.2, -0.15) is 0 Å². The number of likely N-dealkylation sites (N-methyl/N-ethyl adjacent to an activating group) is 1. The van der Waals surface area contributed by atoms with Gasteiger partial charge in [0, 0.05) is 23.1 Å². The number of rotatable bonds is 6. The van der Waals surface area contributed by atoms with Crippen molar-refractivity contribution in [2.45, 2.75) is 13.0 Å². The molecule has 0 aliphatic carbocycles. The number of aryl methyl sites for hydroxylation is 1. The van der Waals surface area contributed by atoms with Gasteiger partial charge in [0.25, 0.3) is 5.91 Å². The summed E-state index contributed by atoms with van der Waals surface area (Å²) in [6.07, 6.45) is 0. The number of amides is 1. The fourth-order valence-electron chi connectivity index (χ4n) is 3.29. The molecule has 0 bridgehead atoms. The van der Waals surface area contributed by atoms with Gasteiger partial charge in [0.05, 0.1) is 18.7 Å². The van der Waals surface area contributed by atoms with Crippen molar-refractivity contribution in [3.05, 3.63) is 65.1 Å². The number of carbonyl (C=O) groups excluding carboxylic acids is 1. The molecule has 1 atom stereocenters. The molecule has 1 amide bonds. The summed E-state index contributed by atoms with van der Waals surface area (Å²) in [6.45, 7) is 2.25. The third kappa shape index (κ3) is 3.95. The summed E-state index contributed by atoms with van der Waals surface area (Å²) in [5.74, 6) is 0.210. The summed E-state index contributed by atoms with van der Waals surface area (Å²) < 4.78 is 18.8. The maximum atomic E-state index is 13.6. The predicted octanol–water partition coefficient (Wildman–Crippen LogP) is 3.66. The molecule has 1 unspecified atom stereocenters. The SMILES string of the molecule is COc1ccc(C(CNC(=O)c2c(C)[nH]c3ccc(F)cc23)N(C)C)cc1. The van der Waals surface area contributed by atoms with Crippen LogP contribution >= 0.6 is 0 Å². The highest BCUT2D eigenvalue weighted by Crippen LogP contribution is 2.24.